The predicted octanol–water partition coefficient (Wildman–Crippen LogP) is 5.22. The first-order chi connectivity index (χ1) is 10.5. The van der Waals surface area contributed by atoms with Gasteiger partial charge in [0.2, 0.25) is 0 Å². The van der Waals surface area contributed by atoms with Crippen LogP contribution in [-0.4, -0.2) is 13.0 Å². The fourth-order valence-corrected chi connectivity index (χ4v) is 2.56. The summed E-state index contributed by atoms with van der Waals surface area (Å²) in [6.07, 6.45) is 1.10. The topological polar surface area (TPSA) is 38.3 Å². The third-order valence-corrected chi connectivity index (χ3v) is 4.46. The highest BCUT2D eigenvalue weighted by atomic mass is 79.9. The van der Waals surface area contributed by atoms with Gasteiger partial charge in [0.25, 0.3) is 5.91 Å². The monoisotopic (exact) mass is 361 g/mol. The summed E-state index contributed by atoms with van der Waals surface area (Å²) in [7, 11) is 1.58. The van der Waals surface area contributed by atoms with Gasteiger partial charge in [0.05, 0.1) is 12.7 Å². The van der Waals surface area contributed by atoms with Crippen molar-refractivity contribution in [1.82, 2.24) is 0 Å². The molecule has 0 spiro atoms. The van der Waals surface area contributed by atoms with Crippen LogP contribution in [0.4, 0.5) is 5.69 Å². The van der Waals surface area contributed by atoms with Crippen LogP contribution in [-0.2, 0) is 0 Å². The summed E-state index contributed by atoms with van der Waals surface area (Å²) in [5.41, 5.74) is 2.61. The van der Waals surface area contributed by atoms with Crippen molar-refractivity contribution < 1.29 is 9.53 Å². The SMILES string of the molecule is CC[C@H](C)c1ccc(NC(=O)c2cc(OC)ccc2Br)cc1. The summed E-state index contributed by atoms with van der Waals surface area (Å²) in [6.45, 7) is 4.36. The number of hydrogen-bond donors (Lipinski definition) is 1. The fraction of sp³-hybridized carbons (Fsp3) is 0.278. The predicted molar refractivity (Wildman–Crippen MR) is 93.8 cm³/mol. The maximum absolute atomic E-state index is 12.4. The molecule has 2 aromatic rings. The molecule has 0 fully saturated rings. The fourth-order valence-electron chi connectivity index (χ4n) is 2.13. The number of methoxy groups -OCH3 is 1. The minimum Gasteiger partial charge on any atom is -0.497 e. The van der Waals surface area contributed by atoms with Crippen LogP contribution in [0.25, 0.3) is 0 Å². The maximum Gasteiger partial charge on any atom is 0.256 e. The second-order valence-electron chi connectivity index (χ2n) is 5.23. The molecule has 0 saturated carbocycles. The van der Waals surface area contributed by atoms with Gasteiger partial charge in [-0.1, -0.05) is 26.0 Å². The second-order valence-corrected chi connectivity index (χ2v) is 6.09. The molecule has 0 aliphatic carbocycles. The van der Waals surface area contributed by atoms with E-state index in [-0.39, 0.29) is 5.91 Å². The molecular weight excluding hydrogens is 342 g/mol. The van der Waals surface area contributed by atoms with E-state index in [1.54, 1.807) is 19.2 Å². The van der Waals surface area contributed by atoms with Crippen LogP contribution in [0.1, 0.15) is 42.1 Å². The van der Waals surface area contributed by atoms with E-state index in [9.17, 15) is 4.79 Å². The lowest BCUT2D eigenvalue weighted by molar-refractivity contribution is 0.102. The van der Waals surface area contributed by atoms with Gasteiger partial charge in [0.15, 0.2) is 0 Å². The summed E-state index contributed by atoms with van der Waals surface area (Å²) >= 11 is 3.40. The highest BCUT2D eigenvalue weighted by Gasteiger charge is 2.12. The highest BCUT2D eigenvalue weighted by molar-refractivity contribution is 9.10. The van der Waals surface area contributed by atoms with E-state index in [1.165, 1.54) is 5.56 Å². The molecule has 3 nitrogen and oxygen atoms in total. The number of hydrogen-bond acceptors (Lipinski definition) is 2. The average Bonchev–Trinajstić information content (AvgIpc) is 2.55. The number of carbonyl (C=O) groups excluding carboxylic acids is 1. The van der Waals surface area contributed by atoms with Gasteiger partial charge in [-0.25, -0.2) is 0 Å². The first-order valence-electron chi connectivity index (χ1n) is 7.30. The van der Waals surface area contributed by atoms with Gasteiger partial charge in [0.1, 0.15) is 5.75 Å². The van der Waals surface area contributed by atoms with Gasteiger partial charge < -0.3 is 10.1 Å². The molecule has 0 aliphatic rings. The standard InChI is InChI=1S/C18H20BrNO2/c1-4-12(2)13-5-7-14(8-6-13)20-18(21)16-11-15(22-3)9-10-17(16)19/h5-12H,4H2,1-3H3,(H,20,21)/t12-/m0/s1. The third-order valence-electron chi connectivity index (χ3n) is 3.77. The molecule has 0 aliphatic heterocycles. The number of rotatable bonds is 5. The molecule has 0 saturated heterocycles. The minimum atomic E-state index is -0.165. The van der Waals surface area contributed by atoms with Crippen LogP contribution in [0.5, 0.6) is 5.75 Å². The number of amides is 1. The molecule has 1 N–H and O–H groups in total. The summed E-state index contributed by atoms with van der Waals surface area (Å²) in [6, 6.07) is 13.3. The van der Waals surface area contributed by atoms with Crippen molar-refractivity contribution in [2.45, 2.75) is 26.2 Å². The molecule has 4 heteroatoms. The number of ether oxygens (including phenoxy) is 1. The lowest BCUT2D eigenvalue weighted by Crippen LogP contribution is -2.12. The van der Waals surface area contributed by atoms with Gasteiger partial charge in [-0.2, -0.15) is 0 Å². The molecule has 22 heavy (non-hydrogen) atoms. The largest absolute Gasteiger partial charge is 0.497 e. The van der Waals surface area contributed by atoms with Crippen LogP contribution in [0.2, 0.25) is 0 Å². The average molecular weight is 362 g/mol. The van der Waals surface area contributed by atoms with Crippen molar-refractivity contribution in [2.75, 3.05) is 12.4 Å². The minimum absolute atomic E-state index is 0.165. The van der Waals surface area contributed by atoms with E-state index in [0.29, 0.717) is 17.2 Å². The number of carbonyl (C=O) groups is 1. The Morgan fingerprint density at radius 3 is 2.50 bits per heavy atom. The molecule has 0 aromatic heterocycles. The van der Waals surface area contributed by atoms with Gasteiger partial charge in [-0.3, -0.25) is 4.79 Å². The molecule has 2 aromatic carbocycles. The molecule has 0 unspecified atom stereocenters. The maximum atomic E-state index is 12.4. The van der Waals surface area contributed by atoms with Crippen LogP contribution >= 0.6 is 15.9 Å². The summed E-state index contributed by atoms with van der Waals surface area (Å²) in [4.78, 5) is 12.4. The Morgan fingerprint density at radius 2 is 1.91 bits per heavy atom. The summed E-state index contributed by atoms with van der Waals surface area (Å²) in [5, 5.41) is 2.91. The van der Waals surface area contributed by atoms with Crippen LogP contribution in [0.15, 0.2) is 46.9 Å². The number of halogens is 1. The zero-order chi connectivity index (χ0) is 16.1. The molecule has 2 rings (SSSR count). The van der Waals surface area contributed by atoms with E-state index in [1.807, 2.05) is 18.2 Å². The van der Waals surface area contributed by atoms with E-state index >= 15 is 0 Å². The number of benzene rings is 2. The van der Waals surface area contributed by atoms with E-state index in [0.717, 1.165) is 16.6 Å². The first-order valence-corrected chi connectivity index (χ1v) is 8.09. The van der Waals surface area contributed by atoms with Crippen LogP contribution in [0.3, 0.4) is 0 Å². The Morgan fingerprint density at radius 1 is 1.23 bits per heavy atom. The molecule has 0 radical (unpaired) electrons. The Balaban J connectivity index is 2.15. The second kappa shape index (κ2) is 7.45. The molecule has 1 amide bonds. The van der Waals surface area contributed by atoms with Crippen molar-refractivity contribution in [3.8, 4) is 5.75 Å². The first kappa shape index (κ1) is 16.6. The Kier molecular flexibility index (Phi) is 5.61. The normalized spacial score (nSPS) is 11.8. The zero-order valence-electron chi connectivity index (χ0n) is 13.0. The van der Waals surface area contributed by atoms with Gasteiger partial charge in [-0.15, -0.1) is 0 Å². The smallest absolute Gasteiger partial charge is 0.256 e. The van der Waals surface area contributed by atoms with Gasteiger partial charge >= 0.3 is 0 Å². The molecule has 0 heterocycles. The molecule has 0 bridgehead atoms. The number of anilines is 1. The molecule has 1 atom stereocenters. The van der Waals surface area contributed by atoms with Gasteiger partial charge in [-0.05, 0) is 64.2 Å². The zero-order valence-corrected chi connectivity index (χ0v) is 14.6. The van der Waals surface area contributed by atoms with Crippen molar-refractivity contribution >= 4 is 27.5 Å². The van der Waals surface area contributed by atoms with Crippen molar-refractivity contribution in [2.24, 2.45) is 0 Å². The summed E-state index contributed by atoms with van der Waals surface area (Å²) in [5.74, 6) is 1.01. The molecular formula is C18H20BrNO2. The quantitative estimate of drug-likeness (QED) is 0.792. The van der Waals surface area contributed by atoms with Gasteiger partial charge in [0, 0.05) is 10.2 Å². The lowest BCUT2D eigenvalue weighted by Gasteiger charge is -2.11. The number of nitrogens with one attached hydrogen (secondary N) is 1. The highest BCUT2D eigenvalue weighted by Crippen LogP contribution is 2.24. The lowest BCUT2D eigenvalue weighted by atomic mass is 9.98. The van der Waals surface area contributed by atoms with E-state index < -0.39 is 0 Å². The van der Waals surface area contributed by atoms with Crippen molar-refractivity contribution in [1.29, 1.82) is 0 Å². The van der Waals surface area contributed by atoms with E-state index in [2.05, 4.69) is 47.2 Å². The molecule has 116 valence electrons. The summed E-state index contributed by atoms with van der Waals surface area (Å²) < 4.78 is 5.90. The van der Waals surface area contributed by atoms with E-state index in [4.69, 9.17) is 4.74 Å². The third kappa shape index (κ3) is 3.89. The van der Waals surface area contributed by atoms with Crippen LogP contribution in [0, 0.1) is 0 Å². The van der Waals surface area contributed by atoms with Crippen molar-refractivity contribution in [3.05, 3.63) is 58.1 Å². The Hall–Kier alpha value is -1.81. The van der Waals surface area contributed by atoms with Crippen molar-refractivity contribution in [3.63, 3.8) is 0 Å². The Bertz CT molecular complexity index is 653. The Labute approximate surface area is 139 Å². The van der Waals surface area contributed by atoms with Crippen LogP contribution < -0.4 is 10.1 Å².